The Balaban J connectivity index is 3.08. The third kappa shape index (κ3) is 2.55. The first kappa shape index (κ1) is 13.0. The number of hydrogen-bond donors (Lipinski definition) is 0. The van der Waals surface area contributed by atoms with Crippen molar-refractivity contribution in [2.45, 2.75) is 45.8 Å². The highest BCUT2D eigenvalue weighted by atomic mass is 19.3. The fourth-order valence-corrected chi connectivity index (χ4v) is 1.92. The zero-order valence-corrected chi connectivity index (χ0v) is 10.1. The van der Waals surface area contributed by atoms with Gasteiger partial charge < -0.3 is 0 Å². The molecule has 0 aliphatic heterocycles. The molecule has 0 saturated carbocycles. The van der Waals surface area contributed by atoms with Crippen LogP contribution in [0.5, 0.6) is 0 Å². The van der Waals surface area contributed by atoms with Gasteiger partial charge in [-0.1, -0.05) is 6.07 Å². The normalized spacial score (nSPS) is 12.8. The SMILES string of the molecule is CC(C)N(C(C)C)C(F)(F)c1ccccn1. The van der Waals surface area contributed by atoms with Crippen LogP contribution in [0.3, 0.4) is 0 Å². The zero-order valence-electron chi connectivity index (χ0n) is 10.1. The smallest absolute Gasteiger partial charge is 0.253 e. The van der Waals surface area contributed by atoms with Gasteiger partial charge in [0, 0.05) is 18.3 Å². The fraction of sp³-hybridized carbons (Fsp3) is 0.583. The minimum absolute atomic E-state index is 0.197. The number of hydrogen-bond acceptors (Lipinski definition) is 2. The van der Waals surface area contributed by atoms with Crippen LogP contribution in [0.25, 0.3) is 0 Å². The quantitative estimate of drug-likeness (QED) is 0.735. The summed E-state index contributed by atoms with van der Waals surface area (Å²) in [7, 11) is 0. The van der Waals surface area contributed by atoms with Crippen molar-refractivity contribution in [3.05, 3.63) is 30.1 Å². The van der Waals surface area contributed by atoms with Gasteiger partial charge in [-0.3, -0.25) is 4.98 Å². The summed E-state index contributed by atoms with van der Waals surface area (Å²) in [5.74, 6) is 0. The van der Waals surface area contributed by atoms with E-state index in [4.69, 9.17) is 0 Å². The van der Waals surface area contributed by atoms with Gasteiger partial charge in [-0.25, -0.2) is 4.90 Å². The maximum Gasteiger partial charge on any atom is 0.348 e. The highest BCUT2D eigenvalue weighted by molar-refractivity contribution is 5.10. The third-order valence-corrected chi connectivity index (χ3v) is 2.41. The van der Waals surface area contributed by atoms with E-state index in [1.165, 1.54) is 12.3 Å². The van der Waals surface area contributed by atoms with E-state index in [9.17, 15) is 8.78 Å². The first-order chi connectivity index (χ1) is 7.37. The van der Waals surface area contributed by atoms with Crippen LogP contribution < -0.4 is 0 Å². The van der Waals surface area contributed by atoms with Gasteiger partial charge in [0.15, 0.2) is 0 Å². The Kier molecular flexibility index (Phi) is 3.97. The third-order valence-electron chi connectivity index (χ3n) is 2.41. The maximum absolute atomic E-state index is 14.2. The summed E-state index contributed by atoms with van der Waals surface area (Å²) >= 11 is 0. The van der Waals surface area contributed by atoms with E-state index in [2.05, 4.69) is 4.98 Å². The maximum atomic E-state index is 14.2. The van der Waals surface area contributed by atoms with Crippen molar-refractivity contribution < 1.29 is 8.78 Å². The zero-order chi connectivity index (χ0) is 12.3. The number of nitrogens with zero attached hydrogens (tertiary/aromatic N) is 2. The minimum Gasteiger partial charge on any atom is -0.253 e. The molecule has 0 fully saturated rings. The first-order valence-corrected chi connectivity index (χ1v) is 5.45. The molecule has 0 aliphatic rings. The summed E-state index contributed by atoms with van der Waals surface area (Å²) in [6.07, 6.45) is 1.39. The van der Waals surface area contributed by atoms with E-state index >= 15 is 0 Å². The summed E-state index contributed by atoms with van der Waals surface area (Å²) < 4.78 is 28.4. The van der Waals surface area contributed by atoms with Gasteiger partial charge in [0.2, 0.25) is 0 Å². The molecule has 90 valence electrons. The van der Waals surface area contributed by atoms with Crippen LogP contribution in [0, 0.1) is 0 Å². The Morgan fingerprint density at radius 2 is 1.69 bits per heavy atom. The van der Waals surface area contributed by atoms with Gasteiger partial charge in [0.1, 0.15) is 5.69 Å². The summed E-state index contributed by atoms with van der Waals surface area (Å²) in [5.41, 5.74) is -0.197. The van der Waals surface area contributed by atoms with Crippen LogP contribution in [0.15, 0.2) is 24.4 Å². The molecule has 0 bridgehead atoms. The van der Waals surface area contributed by atoms with Gasteiger partial charge >= 0.3 is 6.05 Å². The van der Waals surface area contributed by atoms with Crippen molar-refractivity contribution >= 4 is 0 Å². The first-order valence-electron chi connectivity index (χ1n) is 5.45. The minimum atomic E-state index is -3.02. The van der Waals surface area contributed by atoms with E-state index in [1.54, 1.807) is 39.8 Å². The van der Waals surface area contributed by atoms with Crippen molar-refractivity contribution in [1.29, 1.82) is 0 Å². The van der Waals surface area contributed by atoms with Crippen molar-refractivity contribution in [3.8, 4) is 0 Å². The lowest BCUT2D eigenvalue weighted by Gasteiger charge is -2.36. The van der Waals surface area contributed by atoms with E-state index < -0.39 is 6.05 Å². The van der Waals surface area contributed by atoms with Crippen LogP contribution in [0.1, 0.15) is 33.4 Å². The summed E-state index contributed by atoms with van der Waals surface area (Å²) in [6.45, 7) is 7.04. The second-order valence-electron chi connectivity index (χ2n) is 4.35. The fourth-order valence-electron chi connectivity index (χ4n) is 1.92. The van der Waals surface area contributed by atoms with Crippen LogP contribution in [0.4, 0.5) is 8.78 Å². The van der Waals surface area contributed by atoms with Crippen molar-refractivity contribution in [1.82, 2.24) is 9.88 Å². The standard InChI is InChI=1S/C12H18F2N2/c1-9(2)16(10(3)4)12(13,14)11-7-5-6-8-15-11/h5-10H,1-4H3. The van der Waals surface area contributed by atoms with Gasteiger partial charge in [-0.2, -0.15) is 8.78 Å². The Morgan fingerprint density at radius 1 is 1.12 bits per heavy atom. The highest BCUT2D eigenvalue weighted by Crippen LogP contribution is 2.33. The monoisotopic (exact) mass is 228 g/mol. The molecule has 0 aromatic carbocycles. The van der Waals surface area contributed by atoms with Crippen LogP contribution in [-0.2, 0) is 6.05 Å². The molecule has 0 radical (unpaired) electrons. The average Bonchev–Trinajstić information content (AvgIpc) is 2.17. The molecule has 0 amide bonds. The number of alkyl halides is 2. The van der Waals surface area contributed by atoms with E-state index in [-0.39, 0.29) is 17.8 Å². The molecular formula is C12H18F2N2. The van der Waals surface area contributed by atoms with E-state index in [0.717, 1.165) is 4.90 Å². The Hall–Kier alpha value is -1.03. The van der Waals surface area contributed by atoms with Crippen LogP contribution >= 0.6 is 0 Å². The molecule has 0 N–H and O–H groups in total. The molecular weight excluding hydrogens is 210 g/mol. The van der Waals surface area contributed by atoms with Crippen LogP contribution in [-0.4, -0.2) is 22.0 Å². The molecule has 4 heteroatoms. The predicted octanol–water partition coefficient (Wildman–Crippen LogP) is 3.25. The van der Waals surface area contributed by atoms with E-state index in [0.29, 0.717) is 0 Å². The Labute approximate surface area is 95.3 Å². The molecule has 0 saturated heterocycles. The topological polar surface area (TPSA) is 16.1 Å². The largest absolute Gasteiger partial charge is 0.348 e. The lowest BCUT2D eigenvalue weighted by Crippen LogP contribution is -2.48. The molecule has 2 nitrogen and oxygen atoms in total. The number of pyridine rings is 1. The molecule has 0 atom stereocenters. The lowest BCUT2D eigenvalue weighted by molar-refractivity contribution is -0.185. The predicted molar refractivity (Wildman–Crippen MR) is 60.2 cm³/mol. The summed E-state index contributed by atoms with van der Waals surface area (Å²) in [5, 5.41) is 0. The molecule has 16 heavy (non-hydrogen) atoms. The number of aromatic nitrogens is 1. The highest BCUT2D eigenvalue weighted by Gasteiger charge is 2.43. The summed E-state index contributed by atoms with van der Waals surface area (Å²) in [4.78, 5) is 4.91. The molecule has 1 aromatic rings. The van der Waals surface area contributed by atoms with E-state index in [1.807, 2.05) is 0 Å². The molecule has 0 spiro atoms. The van der Waals surface area contributed by atoms with Gasteiger partial charge in [-0.15, -0.1) is 0 Å². The second kappa shape index (κ2) is 4.87. The molecule has 1 aromatic heterocycles. The Bertz CT molecular complexity index is 315. The average molecular weight is 228 g/mol. The van der Waals surface area contributed by atoms with Gasteiger partial charge in [0.25, 0.3) is 0 Å². The van der Waals surface area contributed by atoms with Crippen molar-refractivity contribution in [2.24, 2.45) is 0 Å². The lowest BCUT2D eigenvalue weighted by atomic mass is 10.2. The molecule has 0 aliphatic carbocycles. The molecule has 0 unspecified atom stereocenters. The Morgan fingerprint density at radius 3 is 2.06 bits per heavy atom. The van der Waals surface area contributed by atoms with Crippen LogP contribution in [0.2, 0.25) is 0 Å². The van der Waals surface area contributed by atoms with Gasteiger partial charge in [0.05, 0.1) is 0 Å². The molecule has 1 rings (SSSR count). The molecule has 1 heterocycles. The number of halogens is 2. The summed E-state index contributed by atoms with van der Waals surface area (Å²) in [6, 6.07) is 1.07. The number of rotatable bonds is 4. The van der Waals surface area contributed by atoms with Crippen molar-refractivity contribution in [3.63, 3.8) is 0 Å². The second-order valence-corrected chi connectivity index (χ2v) is 4.35. The van der Waals surface area contributed by atoms with Crippen molar-refractivity contribution in [2.75, 3.05) is 0 Å². The van der Waals surface area contributed by atoms with Gasteiger partial charge in [-0.05, 0) is 39.8 Å².